The summed E-state index contributed by atoms with van der Waals surface area (Å²) in [6.45, 7) is 25.9. The monoisotopic (exact) mass is 725 g/mol. The molecule has 6 rings (SSSR count). The maximum absolute atomic E-state index is 12.1. The van der Waals surface area contributed by atoms with Crippen LogP contribution < -0.4 is 5.32 Å². The first-order valence-corrected chi connectivity index (χ1v) is 22.7. The average molecular weight is 725 g/mol. The lowest BCUT2D eigenvalue weighted by Gasteiger charge is -2.72. The molecule has 0 bridgehead atoms. The van der Waals surface area contributed by atoms with Crippen molar-refractivity contribution in [3.63, 3.8) is 0 Å². The van der Waals surface area contributed by atoms with E-state index < -0.39 is 15.8 Å². The summed E-state index contributed by atoms with van der Waals surface area (Å²) in [5.74, 6) is 2.46. The quantitative estimate of drug-likeness (QED) is 0.207. The van der Waals surface area contributed by atoms with Gasteiger partial charge in [0.2, 0.25) is 0 Å². The minimum Gasteiger partial charge on any atom is -0.481 e. The first-order valence-electron chi connectivity index (χ1n) is 20.8. The van der Waals surface area contributed by atoms with Gasteiger partial charge in [0.1, 0.15) is 9.84 Å². The number of hydrogen-bond acceptors (Lipinski definition) is 5. The highest BCUT2D eigenvalue weighted by molar-refractivity contribution is 7.91. The summed E-state index contributed by atoms with van der Waals surface area (Å²) in [6.07, 6.45) is 20.9. The molecule has 0 amide bonds. The van der Waals surface area contributed by atoms with Gasteiger partial charge >= 0.3 is 5.97 Å². The molecule has 0 unspecified atom stereocenters. The van der Waals surface area contributed by atoms with Gasteiger partial charge in [-0.25, -0.2) is 8.42 Å². The van der Waals surface area contributed by atoms with Crippen LogP contribution in [-0.4, -0.2) is 67.6 Å². The van der Waals surface area contributed by atoms with E-state index in [9.17, 15) is 18.3 Å². The second-order valence-corrected chi connectivity index (χ2v) is 22.0. The van der Waals surface area contributed by atoms with E-state index in [-0.39, 0.29) is 38.9 Å². The number of allylic oxidation sites excluding steroid dienone is 5. The van der Waals surface area contributed by atoms with Gasteiger partial charge in [0.05, 0.1) is 5.25 Å². The van der Waals surface area contributed by atoms with Crippen LogP contribution in [0.15, 0.2) is 35.5 Å². The van der Waals surface area contributed by atoms with Crippen molar-refractivity contribution in [2.75, 3.05) is 32.4 Å². The van der Waals surface area contributed by atoms with Crippen molar-refractivity contribution in [1.82, 2.24) is 10.2 Å². The van der Waals surface area contributed by atoms with Crippen LogP contribution in [0.4, 0.5) is 0 Å². The predicted octanol–water partition coefficient (Wildman–Crippen LogP) is 9.23. The minimum atomic E-state index is -2.95. The Morgan fingerprint density at radius 3 is 2.29 bits per heavy atom. The van der Waals surface area contributed by atoms with Gasteiger partial charge < -0.3 is 15.3 Å². The molecule has 51 heavy (non-hydrogen) atoms. The van der Waals surface area contributed by atoms with Gasteiger partial charge in [-0.15, -0.1) is 0 Å². The number of nitrogens with one attached hydrogen (secondary N) is 1. The maximum Gasteiger partial charge on any atom is 0.303 e. The number of sulfone groups is 1. The van der Waals surface area contributed by atoms with E-state index in [1.54, 1.807) is 0 Å². The predicted molar refractivity (Wildman–Crippen MR) is 210 cm³/mol. The fourth-order valence-corrected chi connectivity index (χ4v) is 15.5. The lowest BCUT2D eigenvalue weighted by Crippen LogP contribution is -2.68. The highest BCUT2D eigenvalue weighted by atomic mass is 32.2. The van der Waals surface area contributed by atoms with Crippen molar-refractivity contribution in [3.05, 3.63) is 35.5 Å². The molecule has 0 radical (unpaired) electrons. The highest BCUT2D eigenvalue weighted by Gasteiger charge is 2.70. The van der Waals surface area contributed by atoms with Crippen molar-refractivity contribution in [1.29, 1.82) is 0 Å². The molecule has 0 aromatic rings. The molecule has 0 aromatic carbocycles. The molecule has 1 heterocycles. The third-order valence-electron chi connectivity index (χ3n) is 17.1. The molecule has 5 fully saturated rings. The van der Waals surface area contributed by atoms with E-state index in [4.69, 9.17) is 0 Å². The van der Waals surface area contributed by atoms with Crippen LogP contribution in [0.25, 0.3) is 0 Å². The number of rotatable bonds is 11. The number of carbonyl (C=O) groups is 1. The third-order valence-corrected chi connectivity index (χ3v) is 18.8. The molecular formula is C44H72N2O4S. The standard InChI is InChI=1S/C44H72N2O4S/c1-10-11-31(12-15-38(47)48)34-17-21-41(6)36(40(34,4)5)18-22-43(8)37(41)14-13-35-39-33(30(2)3)16-23-44(39,25-24-42(35,43)7)45-26-29-46-27-19-32(20-28-46)51(9,49)50/h11,17,32-33,35-37,39,45H,2,10,12-16,18-29H2,1,3-9H3,(H,47,48)/b31-11+/t33-,35+,36-,37+,39+,41-,42+,43+,44-/m0/s1. The van der Waals surface area contributed by atoms with E-state index in [2.05, 4.69) is 77.4 Å². The molecule has 2 N–H and O–H groups in total. The van der Waals surface area contributed by atoms with Crippen molar-refractivity contribution >= 4 is 15.8 Å². The van der Waals surface area contributed by atoms with Crippen molar-refractivity contribution < 1.29 is 18.3 Å². The average Bonchev–Trinajstić information content (AvgIpc) is 3.43. The van der Waals surface area contributed by atoms with Crippen LogP contribution >= 0.6 is 0 Å². The van der Waals surface area contributed by atoms with E-state index in [1.807, 2.05) is 0 Å². The first-order chi connectivity index (χ1) is 23.8. The summed E-state index contributed by atoms with van der Waals surface area (Å²) in [5.41, 5.74) is 5.08. The van der Waals surface area contributed by atoms with Gasteiger partial charge in [-0.05, 0) is 166 Å². The van der Waals surface area contributed by atoms with Gasteiger partial charge in [-0.1, -0.05) is 65.8 Å². The fourth-order valence-electron chi connectivity index (χ4n) is 14.5. The Balaban J connectivity index is 1.23. The molecule has 6 nitrogen and oxygen atoms in total. The summed E-state index contributed by atoms with van der Waals surface area (Å²) in [6, 6.07) is 0. The Morgan fingerprint density at radius 1 is 0.961 bits per heavy atom. The fraction of sp³-hybridized carbons (Fsp3) is 0.841. The number of likely N-dealkylation sites (tertiary alicyclic amines) is 1. The van der Waals surface area contributed by atoms with Gasteiger partial charge in [0.25, 0.3) is 0 Å². The van der Waals surface area contributed by atoms with Gasteiger partial charge in [0.15, 0.2) is 0 Å². The molecule has 9 atom stereocenters. The number of aliphatic carboxylic acids is 1. The number of nitrogens with zero attached hydrogens (tertiary/aromatic N) is 1. The minimum absolute atomic E-state index is 0.0216. The van der Waals surface area contributed by atoms with Crippen molar-refractivity contribution in [2.24, 2.45) is 51.2 Å². The van der Waals surface area contributed by atoms with E-state index >= 15 is 0 Å². The highest BCUT2D eigenvalue weighted by Crippen LogP contribution is 2.76. The normalized spacial score (nSPS) is 41.5. The Morgan fingerprint density at radius 2 is 1.67 bits per heavy atom. The second kappa shape index (κ2) is 14.0. The van der Waals surface area contributed by atoms with Crippen LogP contribution in [0, 0.1) is 51.2 Å². The largest absolute Gasteiger partial charge is 0.481 e. The van der Waals surface area contributed by atoms with Gasteiger partial charge in [-0.2, -0.15) is 0 Å². The number of carboxylic acid groups (broad SMARTS) is 1. The Bertz CT molecular complexity index is 1520. The summed E-state index contributed by atoms with van der Waals surface area (Å²) in [4.78, 5) is 14.1. The lowest BCUT2D eigenvalue weighted by atomic mass is 9.33. The van der Waals surface area contributed by atoms with Gasteiger partial charge in [0, 0.05) is 31.3 Å². The molecule has 4 saturated carbocycles. The van der Waals surface area contributed by atoms with Crippen LogP contribution in [0.1, 0.15) is 138 Å². The Labute approximate surface area is 311 Å². The topological polar surface area (TPSA) is 86.7 Å². The molecule has 1 aliphatic heterocycles. The SMILES string of the molecule is C=C(C)[C@@H]1CC[C@]2(NCCN3CCC(S(C)(=O)=O)CC3)CC[C@]3(C)[C@H](CC[C@@H]4[C@@]5(C)CC=C(/C(=C/CC)CCC(=O)O)C(C)(C)[C@@H]5CC[C@]43C)[C@@H]12. The number of piperidine rings is 1. The zero-order valence-electron chi connectivity index (χ0n) is 33.6. The summed E-state index contributed by atoms with van der Waals surface area (Å²) in [5, 5.41) is 13.6. The Kier molecular flexibility index (Phi) is 10.8. The lowest BCUT2D eigenvalue weighted by molar-refractivity contribution is -0.221. The molecular weight excluding hydrogens is 653 g/mol. The van der Waals surface area contributed by atoms with E-state index in [1.165, 1.54) is 74.3 Å². The number of fused-ring (bicyclic) bond motifs is 7. The summed E-state index contributed by atoms with van der Waals surface area (Å²) < 4.78 is 24.3. The summed E-state index contributed by atoms with van der Waals surface area (Å²) in [7, 11) is -2.95. The molecule has 1 saturated heterocycles. The molecule has 5 aliphatic carbocycles. The third kappa shape index (κ3) is 6.57. The molecule has 6 aliphatic rings. The smallest absolute Gasteiger partial charge is 0.303 e. The number of carboxylic acids is 1. The zero-order chi connectivity index (χ0) is 37.2. The number of hydrogen-bond donors (Lipinski definition) is 2. The van der Waals surface area contributed by atoms with Crippen molar-refractivity contribution in [3.8, 4) is 0 Å². The molecule has 0 aromatic heterocycles. The van der Waals surface area contributed by atoms with Crippen LogP contribution in [0.5, 0.6) is 0 Å². The maximum atomic E-state index is 12.1. The van der Waals surface area contributed by atoms with Crippen LogP contribution in [-0.2, 0) is 14.6 Å². The molecule has 7 heteroatoms. The van der Waals surface area contributed by atoms with Crippen molar-refractivity contribution in [2.45, 2.75) is 149 Å². The molecule has 0 spiro atoms. The summed E-state index contributed by atoms with van der Waals surface area (Å²) >= 11 is 0. The second-order valence-electron chi connectivity index (χ2n) is 19.7. The van der Waals surface area contributed by atoms with E-state index in [0.717, 1.165) is 51.9 Å². The van der Waals surface area contributed by atoms with Crippen LogP contribution in [0.3, 0.4) is 0 Å². The van der Waals surface area contributed by atoms with Crippen LogP contribution in [0.2, 0.25) is 0 Å². The zero-order valence-corrected chi connectivity index (χ0v) is 34.4. The van der Waals surface area contributed by atoms with Gasteiger partial charge in [-0.3, -0.25) is 4.79 Å². The Hall–Kier alpha value is -1.44. The molecule has 288 valence electrons. The first kappa shape index (κ1) is 39.3. The van der Waals surface area contributed by atoms with E-state index in [0.29, 0.717) is 36.0 Å².